The van der Waals surface area contributed by atoms with Gasteiger partial charge in [-0.3, -0.25) is 24.8 Å². The molecule has 11 nitrogen and oxygen atoms in total. The summed E-state index contributed by atoms with van der Waals surface area (Å²) in [6.45, 7) is 0. The first kappa shape index (κ1) is 23.2. The molecule has 3 aromatic carbocycles. The summed E-state index contributed by atoms with van der Waals surface area (Å²) in [5.41, 5.74) is 3.90. The average Bonchev–Trinajstić information content (AvgIpc) is 3.55. The molecule has 0 bridgehead atoms. The molecule has 0 N–H and O–H groups in total. The number of rotatable bonds is 5. The smallest absolute Gasteiger partial charge is 0.307 e. The van der Waals surface area contributed by atoms with E-state index in [0.29, 0.717) is 33.3 Å². The highest BCUT2D eigenvalue weighted by Gasteiger charge is 2.23. The molecule has 0 unspecified atom stereocenters. The van der Waals surface area contributed by atoms with Gasteiger partial charge in [-0.1, -0.05) is 36.4 Å². The molecule has 0 radical (unpaired) electrons. The molecule has 0 fully saturated rings. The summed E-state index contributed by atoms with van der Waals surface area (Å²) < 4.78 is 7.95. The van der Waals surface area contributed by atoms with Gasteiger partial charge in [0.15, 0.2) is 5.58 Å². The van der Waals surface area contributed by atoms with Crippen LogP contribution in [-0.2, 0) is 0 Å². The van der Waals surface area contributed by atoms with Crippen molar-refractivity contribution in [2.75, 3.05) is 0 Å². The van der Waals surface area contributed by atoms with E-state index in [2.05, 4.69) is 9.97 Å². The van der Waals surface area contributed by atoms with Gasteiger partial charge in [-0.05, 0) is 36.4 Å². The minimum Gasteiger partial charge on any atom is -0.423 e. The van der Waals surface area contributed by atoms with E-state index in [1.165, 1.54) is 36.7 Å². The maximum absolute atomic E-state index is 11.7. The van der Waals surface area contributed by atoms with Crippen LogP contribution in [-0.4, -0.2) is 29.4 Å². The first-order valence-electron chi connectivity index (χ1n) is 12.1. The molecule has 0 saturated carbocycles. The van der Waals surface area contributed by atoms with E-state index in [1.54, 1.807) is 16.7 Å². The van der Waals surface area contributed by atoms with E-state index in [0.717, 1.165) is 10.8 Å². The third-order valence-corrected chi connectivity index (χ3v) is 6.75. The van der Waals surface area contributed by atoms with Crippen LogP contribution in [0.15, 0.2) is 102 Å². The molecule has 4 aromatic heterocycles. The highest BCUT2D eigenvalue weighted by molar-refractivity contribution is 6.11. The number of aromatic nitrogens is 4. The SMILES string of the molecule is O=[N+]([O-])c1cccnc1-c1ccc2c3ccc(-c4ncccc4[N+](=O)[O-])cc3n(-c3nc4ccccc4o3)c2c1. The van der Waals surface area contributed by atoms with E-state index in [4.69, 9.17) is 9.40 Å². The molecule has 0 amide bonds. The predicted molar refractivity (Wildman–Crippen MR) is 148 cm³/mol. The Bertz CT molecular complexity index is 2000. The topological polar surface area (TPSA) is 143 Å². The van der Waals surface area contributed by atoms with Gasteiger partial charge in [0.05, 0.1) is 20.9 Å². The lowest BCUT2D eigenvalue weighted by Crippen LogP contribution is -1.97. The second-order valence-electron chi connectivity index (χ2n) is 9.02. The van der Waals surface area contributed by atoms with Crippen LogP contribution in [0.3, 0.4) is 0 Å². The Kier molecular flexibility index (Phi) is 5.10. The lowest BCUT2D eigenvalue weighted by Gasteiger charge is -2.06. The Morgan fingerprint density at radius 3 is 1.75 bits per heavy atom. The van der Waals surface area contributed by atoms with Crippen molar-refractivity contribution in [3.63, 3.8) is 0 Å². The van der Waals surface area contributed by atoms with E-state index in [1.807, 2.05) is 48.5 Å². The first-order chi connectivity index (χ1) is 19.5. The number of benzene rings is 3. The van der Waals surface area contributed by atoms with Crippen molar-refractivity contribution in [2.24, 2.45) is 0 Å². The van der Waals surface area contributed by atoms with Crippen LogP contribution in [0.2, 0.25) is 0 Å². The van der Waals surface area contributed by atoms with E-state index < -0.39 is 9.85 Å². The number of nitro groups is 2. The van der Waals surface area contributed by atoms with Gasteiger partial charge in [0, 0.05) is 46.4 Å². The van der Waals surface area contributed by atoms with Crippen LogP contribution in [0.5, 0.6) is 0 Å². The Morgan fingerprint density at radius 1 is 0.675 bits per heavy atom. The normalized spacial score (nSPS) is 11.4. The van der Waals surface area contributed by atoms with Crippen molar-refractivity contribution in [3.8, 4) is 28.5 Å². The number of hydrogen-bond donors (Lipinski definition) is 0. The van der Waals surface area contributed by atoms with E-state index >= 15 is 0 Å². The van der Waals surface area contributed by atoms with Crippen LogP contribution < -0.4 is 0 Å². The fourth-order valence-corrected chi connectivity index (χ4v) is 5.01. The molecule has 4 heterocycles. The fourth-order valence-electron chi connectivity index (χ4n) is 5.01. The third-order valence-electron chi connectivity index (χ3n) is 6.75. The summed E-state index contributed by atoms with van der Waals surface area (Å²) in [6, 6.07) is 24.4. The Labute approximate surface area is 224 Å². The molecule has 0 aliphatic rings. The molecule has 0 atom stereocenters. The minimum atomic E-state index is -0.463. The summed E-state index contributed by atoms with van der Waals surface area (Å²) in [5.74, 6) is 0. The zero-order valence-corrected chi connectivity index (χ0v) is 20.5. The summed E-state index contributed by atoms with van der Waals surface area (Å²) in [6.07, 6.45) is 3.02. The van der Waals surface area contributed by atoms with Crippen LogP contribution in [0, 0.1) is 20.2 Å². The van der Waals surface area contributed by atoms with E-state index in [-0.39, 0.29) is 28.8 Å². The van der Waals surface area contributed by atoms with Crippen LogP contribution in [0.4, 0.5) is 11.4 Å². The van der Waals surface area contributed by atoms with E-state index in [9.17, 15) is 20.2 Å². The molecule has 40 heavy (non-hydrogen) atoms. The largest absolute Gasteiger partial charge is 0.423 e. The van der Waals surface area contributed by atoms with Crippen LogP contribution in [0.25, 0.3) is 61.4 Å². The molecule has 0 aliphatic heterocycles. The summed E-state index contributed by atoms with van der Waals surface area (Å²) >= 11 is 0. The Hall–Kier alpha value is -5.97. The van der Waals surface area contributed by atoms with Crippen molar-refractivity contribution in [2.45, 2.75) is 0 Å². The molecule has 7 rings (SSSR count). The zero-order valence-electron chi connectivity index (χ0n) is 20.5. The van der Waals surface area contributed by atoms with Gasteiger partial charge in [-0.15, -0.1) is 0 Å². The zero-order chi connectivity index (χ0) is 27.4. The van der Waals surface area contributed by atoms with Crippen LogP contribution >= 0.6 is 0 Å². The lowest BCUT2D eigenvalue weighted by molar-refractivity contribution is -0.384. The Morgan fingerprint density at radius 2 is 1.23 bits per heavy atom. The van der Waals surface area contributed by atoms with Gasteiger partial charge < -0.3 is 4.42 Å². The molecule has 11 heteroatoms. The van der Waals surface area contributed by atoms with Crippen molar-refractivity contribution < 1.29 is 14.3 Å². The minimum absolute atomic E-state index is 0.115. The molecule has 7 aromatic rings. The lowest BCUT2D eigenvalue weighted by atomic mass is 10.0. The molecule has 192 valence electrons. The second-order valence-corrected chi connectivity index (χ2v) is 9.02. The second kappa shape index (κ2) is 8.81. The summed E-state index contributed by atoms with van der Waals surface area (Å²) in [7, 11) is 0. The maximum atomic E-state index is 11.7. The number of hydrogen-bond acceptors (Lipinski definition) is 8. The van der Waals surface area contributed by atoms with Gasteiger partial charge in [0.1, 0.15) is 16.9 Å². The Balaban J connectivity index is 1.55. The van der Waals surface area contributed by atoms with Crippen molar-refractivity contribution >= 4 is 44.3 Å². The number of para-hydroxylation sites is 2. The van der Waals surface area contributed by atoms with Crippen molar-refractivity contribution in [1.82, 2.24) is 19.5 Å². The average molecular weight is 528 g/mol. The fraction of sp³-hybridized carbons (Fsp3) is 0. The molecule has 0 aliphatic carbocycles. The van der Waals surface area contributed by atoms with Crippen molar-refractivity contribution in [1.29, 1.82) is 0 Å². The monoisotopic (exact) mass is 528 g/mol. The number of pyridine rings is 2. The molecule has 0 saturated heterocycles. The quantitative estimate of drug-likeness (QED) is 0.174. The summed E-state index contributed by atoms with van der Waals surface area (Å²) in [4.78, 5) is 35.8. The molecular formula is C29H16N6O5. The van der Waals surface area contributed by atoms with Gasteiger partial charge in [-0.25, -0.2) is 9.97 Å². The first-order valence-corrected chi connectivity index (χ1v) is 12.1. The molecule has 0 spiro atoms. The van der Waals surface area contributed by atoms with Gasteiger partial charge in [0.25, 0.3) is 11.4 Å². The van der Waals surface area contributed by atoms with Gasteiger partial charge >= 0.3 is 6.01 Å². The highest BCUT2D eigenvalue weighted by atomic mass is 16.6. The number of fused-ring (bicyclic) bond motifs is 4. The van der Waals surface area contributed by atoms with Crippen LogP contribution in [0.1, 0.15) is 0 Å². The van der Waals surface area contributed by atoms with Gasteiger partial charge in [-0.2, -0.15) is 4.98 Å². The summed E-state index contributed by atoms with van der Waals surface area (Å²) in [5, 5.41) is 25.1. The van der Waals surface area contributed by atoms with Gasteiger partial charge in [0.2, 0.25) is 0 Å². The predicted octanol–water partition coefficient (Wildman–Crippen LogP) is 6.87. The highest BCUT2D eigenvalue weighted by Crippen LogP contribution is 2.39. The third kappa shape index (κ3) is 3.56. The standard InChI is InChI=1S/C29H16N6O5/c36-34(37)22-6-3-13-30-27(22)17-9-11-19-20-12-10-18(28-23(35(38)39)7-4-14-31-28)16-25(20)33(24(19)15-17)29-32-21-5-1-2-8-26(21)40-29/h1-16H. The number of nitrogens with zero attached hydrogens (tertiary/aromatic N) is 6. The number of oxazole rings is 1. The maximum Gasteiger partial charge on any atom is 0.307 e. The molecular weight excluding hydrogens is 512 g/mol. The van der Waals surface area contributed by atoms with Crippen molar-refractivity contribution in [3.05, 3.63) is 118 Å².